The lowest BCUT2D eigenvalue weighted by atomic mass is 10.3. The molecule has 0 saturated carbocycles. The molecule has 0 fully saturated rings. The molecule has 2 aromatic carbocycles. The molecule has 0 aliphatic carbocycles. The molecule has 102 valence electrons. The first-order valence-corrected chi connectivity index (χ1v) is 6.04. The molecule has 4 heteroatoms. The molecule has 0 aliphatic rings. The fourth-order valence-electron chi connectivity index (χ4n) is 1.38. The van der Waals surface area contributed by atoms with Crippen molar-refractivity contribution in [2.45, 2.75) is 20.0 Å². The van der Waals surface area contributed by atoms with Crippen LogP contribution in [-0.2, 0) is 0 Å². The highest BCUT2D eigenvalue weighted by atomic mass is 16.5. The third-order valence-electron chi connectivity index (χ3n) is 2.10. The molecule has 0 heterocycles. The molecule has 0 bridgehead atoms. The summed E-state index contributed by atoms with van der Waals surface area (Å²) in [6.45, 7) is 3.98. The van der Waals surface area contributed by atoms with E-state index in [4.69, 9.17) is 21.3 Å². The van der Waals surface area contributed by atoms with Crippen molar-refractivity contribution in [2.24, 2.45) is 0 Å². The minimum atomic E-state index is 0.205. The van der Waals surface area contributed by atoms with E-state index in [1.165, 1.54) is 6.07 Å². The topological polar surface area (TPSA) is 81.5 Å². The van der Waals surface area contributed by atoms with Crippen LogP contribution < -0.4 is 16.2 Å². The Morgan fingerprint density at radius 2 is 1.53 bits per heavy atom. The summed E-state index contributed by atoms with van der Waals surface area (Å²) in [5.41, 5.74) is 12.2. The number of ether oxygens (including phenoxy) is 1. The average molecular weight is 260 g/mol. The number of phenolic OH excluding ortho intramolecular Hbond substituents is 1. The predicted octanol–water partition coefficient (Wildman–Crippen LogP) is 3.03. The van der Waals surface area contributed by atoms with Crippen molar-refractivity contribution in [3.63, 3.8) is 0 Å². The maximum atomic E-state index is 8.73. The summed E-state index contributed by atoms with van der Waals surface area (Å²) in [6, 6.07) is 13.9. The van der Waals surface area contributed by atoms with Gasteiger partial charge in [-0.25, -0.2) is 0 Å². The van der Waals surface area contributed by atoms with E-state index >= 15 is 0 Å². The molecule has 0 aliphatic heterocycles. The lowest BCUT2D eigenvalue weighted by Crippen LogP contribution is -2.05. The number of benzene rings is 2. The molecule has 2 rings (SSSR count). The summed E-state index contributed by atoms with van der Waals surface area (Å²) in [7, 11) is 0. The van der Waals surface area contributed by atoms with Crippen LogP contribution >= 0.6 is 0 Å². The highest BCUT2D eigenvalue weighted by Gasteiger charge is 1.95. The summed E-state index contributed by atoms with van der Waals surface area (Å²) < 4.78 is 5.42. The van der Waals surface area contributed by atoms with Crippen molar-refractivity contribution >= 4 is 11.4 Å². The van der Waals surface area contributed by atoms with Gasteiger partial charge in [0.1, 0.15) is 11.5 Å². The van der Waals surface area contributed by atoms with E-state index in [0.29, 0.717) is 5.69 Å². The average Bonchev–Trinajstić information content (AvgIpc) is 2.28. The maximum Gasteiger partial charge on any atom is 0.121 e. The van der Waals surface area contributed by atoms with E-state index in [0.717, 1.165) is 11.4 Å². The Morgan fingerprint density at radius 3 is 1.95 bits per heavy atom. The zero-order valence-electron chi connectivity index (χ0n) is 11.2. The normalized spacial score (nSPS) is 9.63. The number of rotatable bonds is 2. The number of nitrogens with two attached hydrogens (primary N) is 2. The number of hydrogen-bond donors (Lipinski definition) is 3. The first kappa shape index (κ1) is 14.7. The lowest BCUT2D eigenvalue weighted by Gasteiger charge is -2.09. The Bertz CT molecular complexity index is 496. The van der Waals surface area contributed by atoms with Gasteiger partial charge in [0.15, 0.2) is 0 Å². The summed E-state index contributed by atoms with van der Waals surface area (Å²) in [4.78, 5) is 0. The van der Waals surface area contributed by atoms with E-state index in [2.05, 4.69) is 0 Å². The zero-order valence-corrected chi connectivity index (χ0v) is 11.2. The molecule has 0 radical (unpaired) electrons. The molecule has 0 aromatic heterocycles. The summed E-state index contributed by atoms with van der Waals surface area (Å²) in [5, 5.41) is 8.73. The van der Waals surface area contributed by atoms with Crippen LogP contribution in [0.25, 0.3) is 0 Å². The summed E-state index contributed by atoms with van der Waals surface area (Å²) >= 11 is 0. The number of hydrogen-bond acceptors (Lipinski definition) is 4. The van der Waals surface area contributed by atoms with Gasteiger partial charge in [-0.1, -0.05) is 12.1 Å². The minimum Gasteiger partial charge on any atom is -0.508 e. The standard InChI is InChI=1S/C9H13NO.C6H7NO/c1-7(2)11-9-5-3-4-8(10)6-9;7-5-2-1-3-6(8)4-5/h3-7H,10H2,1-2H3;1-4,8H,7H2. The molecule has 0 unspecified atom stereocenters. The first-order chi connectivity index (χ1) is 8.97. The van der Waals surface area contributed by atoms with Gasteiger partial charge in [-0.2, -0.15) is 0 Å². The summed E-state index contributed by atoms with van der Waals surface area (Å²) in [6.07, 6.45) is 0.205. The van der Waals surface area contributed by atoms with E-state index in [1.54, 1.807) is 18.2 Å². The van der Waals surface area contributed by atoms with Crippen LogP contribution in [0.3, 0.4) is 0 Å². The number of phenols is 1. The first-order valence-electron chi connectivity index (χ1n) is 6.04. The van der Waals surface area contributed by atoms with Crippen molar-refractivity contribution in [1.29, 1.82) is 0 Å². The molecule has 2 aromatic rings. The molecule has 0 amide bonds. The van der Waals surface area contributed by atoms with Gasteiger partial charge in [0, 0.05) is 23.5 Å². The van der Waals surface area contributed by atoms with Crippen molar-refractivity contribution in [3.8, 4) is 11.5 Å². The maximum absolute atomic E-state index is 8.73. The molecular formula is C15H20N2O2. The van der Waals surface area contributed by atoms with Gasteiger partial charge in [0.25, 0.3) is 0 Å². The van der Waals surface area contributed by atoms with Crippen LogP contribution in [0.5, 0.6) is 11.5 Å². The molecular weight excluding hydrogens is 240 g/mol. The van der Waals surface area contributed by atoms with Gasteiger partial charge >= 0.3 is 0 Å². The van der Waals surface area contributed by atoms with Crippen LogP contribution in [0.15, 0.2) is 48.5 Å². The van der Waals surface area contributed by atoms with Gasteiger partial charge in [0.05, 0.1) is 6.10 Å². The van der Waals surface area contributed by atoms with Gasteiger partial charge in [0.2, 0.25) is 0 Å². The van der Waals surface area contributed by atoms with Crippen molar-refractivity contribution in [1.82, 2.24) is 0 Å². The summed E-state index contributed by atoms with van der Waals surface area (Å²) in [5.74, 6) is 1.05. The second kappa shape index (κ2) is 7.16. The van der Waals surface area contributed by atoms with Crippen LogP contribution in [0, 0.1) is 0 Å². The van der Waals surface area contributed by atoms with Gasteiger partial charge in [-0.3, -0.25) is 0 Å². The number of anilines is 2. The SMILES string of the molecule is CC(C)Oc1cccc(N)c1.Nc1cccc(O)c1. The van der Waals surface area contributed by atoms with Gasteiger partial charge in [-0.05, 0) is 38.1 Å². The van der Waals surface area contributed by atoms with Crippen LogP contribution in [0.4, 0.5) is 11.4 Å². The van der Waals surface area contributed by atoms with E-state index in [-0.39, 0.29) is 11.9 Å². The highest BCUT2D eigenvalue weighted by molar-refractivity contribution is 5.43. The van der Waals surface area contributed by atoms with Crippen LogP contribution in [-0.4, -0.2) is 11.2 Å². The Morgan fingerprint density at radius 1 is 0.947 bits per heavy atom. The third kappa shape index (κ3) is 6.21. The Balaban J connectivity index is 0.000000200. The third-order valence-corrected chi connectivity index (χ3v) is 2.10. The van der Waals surface area contributed by atoms with Crippen LogP contribution in [0.1, 0.15) is 13.8 Å². The Hall–Kier alpha value is -2.36. The molecule has 0 atom stereocenters. The quantitative estimate of drug-likeness (QED) is 0.725. The lowest BCUT2D eigenvalue weighted by molar-refractivity contribution is 0.242. The largest absolute Gasteiger partial charge is 0.508 e. The predicted molar refractivity (Wildman–Crippen MR) is 79.1 cm³/mol. The molecule has 0 spiro atoms. The number of aromatic hydroxyl groups is 1. The Kier molecular flexibility index (Phi) is 5.54. The molecule has 5 N–H and O–H groups in total. The number of nitrogen functional groups attached to an aromatic ring is 2. The van der Waals surface area contributed by atoms with E-state index in [1.807, 2.05) is 38.1 Å². The minimum absolute atomic E-state index is 0.205. The molecule has 4 nitrogen and oxygen atoms in total. The fraction of sp³-hybridized carbons (Fsp3) is 0.200. The van der Waals surface area contributed by atoms with Crippen LogP contribution in [0.2, 0.25) is 0 Å². The van der Waals surface area contributed by atoms with E-state index < -0.39 is 0 Å². The second-order valence-electron chi connectivity index (χ2n) is 4.33. The highest BCUT2D eigenvalue weighted by Crippen LogP contribution is 2.15. The van der Waals surface area contributed by atoms with Crippen molar-refractivity contribution < 1.29 is 9.84 Å². The molecule has 19 heavy (non-hydrogen) atoms. The molecule has 0 saturated heterocycles. The van der Waals surface area contributed by atoms with Gasteiger partial charge in [-0.15, -0.1) is 0 Å². The Labute approximate surface area is 113 Å². The van der Waals surface area contributed by atoms with Gasteiger partial charge < -0.3 is 21.3 Å². The second-order valence-corrected chi connectivity index (χ2v) is 4.33. The monoisotopic (exact) mass is 260 g/mol. The smallest absolute Gasteiger partial charge is 0.121 e. The van der Waals surface area contributed by atoms with Crippen molar-refractivity contribution in [3.05, 3.63) is 48.5 Å². The van der Waals surface area contributed by atoms with Crippen molar-refractivity contribution in [2.75, 3.05) is 11.5 Å². The zero-order chi connectivity index (χ0) is 14.3. The van der Waals surface area contributed by atoms with E-state index in [9.17, 15) is 0 Å². The fourth-order valence-corrected chi connectivity index (χ4v) is 1.38.